The number of alkyl halides is 3. The molecule has 1 unspecified atom stereocenters. The molecule has 0 saturated carbocycles. The van der Waals surface area contributed by atoms with E-state index in [9.17, 15) is 22.8 Å². The van der Waals surface area contributed by atoms with E-state index in [0.717, 1.165) is 18.2 Å². The number of ether oxygens (including phenoxy) is 1. The first kappa shape index (κ1) is 28.7. The van der Waals surface area contributed by atoms with Crippen LogP contribution in [0.5, 0.6) is 0 Å². The molecular formula is C24H21BrCl3F3O3. The third-order valence-corrected chi connectivity index (χ3v) is 6.32. The number of carbonyl (C=O) groups excluding carboxylic acids is 2. The molecule has 0 aliphatic rings. The molecule has 0 fully saturated rings. The zero-order valence-electron chi connectivity index (χ0n) is 18.4. The lowest BCUT2D eigenvalue weighted by molar-refractivity contribution is -0.154. The van der Waals surface area contributed by atoms with Crippen molar-refractivity contribution >= 4 is 68.6 Å². The van der Waals surface area contributed by atoms with Crippen LogP contribution in [0.25, 0.3) is 6.08 Å². The molecule has 2 aromatic carbocycles. The van der Waals surface area contributed by atoms with E-state index in [1.807, 2.05) is 0 Å². The van der Waals surface area contributed by atoms with E-state index < -0.39 is 23.7 Å². The molecule has 0 saturated heterocycles. The molecular weight excluding hydrogens is 580 g/mol. The van der Waals surface area contributed by atoms with E-state index >= 15 is 0 Å². The fraction of sp³-hybridized carbons (Fsp3) is 0.333. The Hall–Kier alpha value is -1.54. The molecule has 0 radical (unpaired) electrons. The average molecular weight is 601 g/mol. The van der Waals surface area contributed by atoms with Gasteiger partial charge in [0.05, 0.1) is 27.4 Å². The van der Waals surface area contributed by atoms with Gasteiger partial charge in [-0.25, -0.2) is 0 Å². The fourth-order valence-electron chi connectivity index (χ4n) is 2.98. The predicted molar refractivity (Wildman–Crippen MR) is 133 cm³/mol. The largest absolute Gasteiger partial charge is 0.460 e. The van der Waals surface area contributed by atoms with E-state index in [2.05, 4.69) is 15.9 Å². The summed E-state index contributed by atoms with van der Waals surface area (Å²) in [6, 6.07) is 6.77. The maximum Gasteiger partial charge on any atom is 0.399 e. The Morgan fingerprint density at radius 3 is 2.12 bits per heavy atom. The van der Waals surface area contributed by atoms with Crippen molar-refractivity contribution < 1.29 is 27.5 Å². The highest BCUT2D eigenvalue weighted by Crippen LogP contribution is 2.41. The summed E-state index contributed by atoms with van der Waals surface area (Å²) in [5.74, 6) is -2.77. The first-order valence-electron chi connectivity index (χ1n) is 10.0. The maximum absolute atomic E-state index is 13.7. The highest BCUT2D eigenvalue weighted by molar-refractivity contribution is 9.10. The van der Waals surface area contributed by atoms with Crippen LogP contribution in [-0.2, 0) is 9.53 Å². The predicted octanol–water partition coefficient (Wildman–Crippen LogP) is 9.07. The first-order valence-corrected chi connectivity index (χ1v) is 11.9. The molecule has 34 heavy (non-hydrogen) atoms. The number of esters is 1. The average Bonchev–Trinajstić information content (AvgIpc) is 2.68. The molecule has 0 heterocycles. The molecule has 0 spiro atoms. The molecule has 0 aliphatic heterocycles. The molecule has 0 aliphatic carbocycles. The number of carbonyl (C=O) groups is 2. The van der Waals surface area contributed by atoms with Crippen LogP contribution in [0.4, 0.5) is 13.2 Å². The lowest BCUT2D eigenvalue weighted by atomic mass is 9.96. The van der Waals surface area contributed by atoms with Gasteiger partial charge >= 0.3 is 12.1 Å². The van der Waals surface area contributed by atoms with Gasteiger partial charge in [-0.3, -0.25) is 9.59 Å². The summed E-state index contributed by atoms with van der Waals surface area (Å²) in [5.41, 5.74) is -0.0671. The van der Waals surface area contributed by atoms with E-state index in [-0.39, 0.29) is 39.3 Å². The highest BCUT2D eigenvalue weighted by atomic mass is 79.9. The third-order valence-electron chi connectivity index (χ3n) is 4.47. The zero-order valence-corrected chi connectivity index (χ0v) is 22.3. The number of hydrogen-bond acceptors (Lipinski definition) is 3. The number of halogens is 7. The molecule has 2 rings (SSSR count). The maximum atomic E-state index is 13.7. The summed E-state index contributed by atoms with van der Waals surface area (Å²) in [5, 5.41) is -0.180. The lowest BCUT2D eigenvalue weighted by Crippen LogP contribution is -2.24. The van der Waals surface area contributed by atoms with Gasteiger partial charge in [0, 0.05) is 16.5 Å². The number of benzene rings is 2. The van der Waals surface area contributed by atoms with Gasteiger partial charge in [0.2, 0.25) is 0 Å². The molecule has 10 heteroatoms. The van der Waals surface area contributed by atoms with E-state index in [1.54, 1.807) is 20.8 Å². The Labute approximate surface area is 219 Å². The van der Waals surface area contributed by atoms with Crippen molar-refractivity contribution in [2.24, 2.45) is 0 Å². The molecule has 0 N–H and O–H groups in total. The Kier molecular flexibility index (Phi) is 9.68. The smallest absolute Gasteiger partial charge is 0.399 e. The van der Waals surface area contributed by atoms with Gasteiger partial charge in [0.25, 0.3) is 0 Å². The van der Waals surface area contributed by atoms with Gasteiger partial charge in [-0.05, 0) is 56.2 Å². The topological polar surface area (TPSA) is 43.4 Å². The van der Waals surface area contributed by atoms with Gasteiger partial charge in [-0.1, -0.05) is 69.0 Å². The third kappa shape index (κ3) is 8.29. The summed E-state index contributed by atoms with van der Waals surface area (Å²) >= 11 is 20.9. The minimum atomic E-state index is -4.61. The minimum Gasteiger partial charge on any atom is -0.460 e. The van der Waals surface area contributed by atoms with Crippen LogP contribution in [0.1, 0.15) is 61.0 Å². The first-order chi connectivity index (χ1) is 15.6. The van der Waals surface area contributed by atoms with Gasteiger partial charge in [0.1, 0.15) is 5.60 Å². The van der Waals surface area contributed by atoms with Crippen LogP contribution in [0.3, 0.4) is 0 Å². The van der Waals surface area contributed by atoms with Crippen molar-refractivity contribution in [3.63, 3.8) is 0 Å². The monoisotopic (exact) mass is 598 g/mol. The van der Waals surface area contributed by atoms with Crippen molar-refractivity contribution in [1.82, 2.24) is 0 Å². The second-order valence-electron chi connectivity index (χ2n) is 8.43. The minimum absolute atomic E-state index is 0.0205. The van der Waals surface area contributed by atoms with Crippen molar-refractivity contribution in [3.8, 4) is 0 Å². The standard InChI is InChI=1S/C24H21BrCl3F3O3/c1-23(2,3)34-21(33)9-8-20(32)15-6-4-13(10-17(15)25)5-7-16(24(29,30)31)14-11-18(26)22(28)19(27)12-14/h4-7,10-12,16H,8-9H2,1-3H3/b7-5+. The lowest BCUT2D eigenvalue weighted by Gasteiger charge is -2.19. The molecule has 0 bridgehead atoms. The van der Waals surface area contributed by atoms with Gasteiger partial charge < -0.3 is 4.74 Å². The summed E-state index contributed by atoms with van der Waals surface area (Å²) in [7, 11) is 0. The Balaban J connectivity index is 2.20. The van der Waals surface area contributed by atoms with Gasteiger partial charge in [-0.2, -0.15) is 13.2 Å². The number of ketones is 1. The summed E-state index contributed by atoms with van der Waals surface area (Å²) < 4.78 is 46.7. The molecule has 184 valence electrons. The van der Waals surface area contributed by atoms with E-state index in [0.29, 0.717) is 15.6 Å². The number of rotatable bonds is 7. The van der Waals surface area contributed by atoms with Crippen LogP contribution in [0, 0.1) is 0 Å². The number of allylic oxidation sites excluding steroid dienone is 1. The zero-order chi connectivity index (χ0) is 25.8. The van der Waals surface area contributed by atoms with E-state index in [4.69, 9.17) is 39.5 Å². The van der Waals surface area contributed by atoms with Crippen LogP contribution in [0.2, 0.25) is 15.1 Å². The van der Waals surface area contributed by atoms with Gasteiger partial charge in [-0.15, -0.1) is 0 Å². The van der Waals surface area contributed by atoms with Crippen LogP contribution in [-0.4, -0.2) is 23.5 Å². The van der Waals surface area contributed by atoms with Crippen LogP contribution < -0.4 is 0 Å². The highest BCUT2D eigenvalue weighted by Gasteiger charge is 2.39. The Morgan fingerprint density at radius 1 is 1.03 bits per heavy atom. The number of Topliss-reactive ketones (excluding diaryl/α,β-unsaturated/α-hetero) is 1. The molecule has 2 aromatic rings. The summed E-state index contributed by atoms with van der Waals surface area (Å²) in [6.07, 6.45) is -2.48. The SMILES string of the molecule is CC(C)(C)OC(=O)CCC(=O)c1ccc(/C=C/C(c2cc(Cl)c(Cl)c(Cl)c2)C(F)(F)F)cc1Br. The van der Waals surface area contributed by atoms with Crippen LogP contribution in [0.15, 0.2) is 40.9 Å². The fourth-order valence-corrected chi connectivity index (χ4v) is 4.21. The Bertz CT molecular complexity index is 1090. The molecule has 0 amide bonds. The van der Waals surface area contributed by atoms with Crippen LogP contribution >= 0.6 is 50.7 Å². The normalized spacial score (nSPS) is 13.2. The van der Waals surface area contributed by atoms with Crippen molar-refractivity contribution in [1.29, 1.82) is 0 Å². The summed E-state index contributed by atoms with van der Waals surface area (Å²) in [4.78, 5) is 24.3. The second kappa shape index (κ2) is 11.5. The van der Waals surface area contributed by atoms with E-state index in [1.165, 1.54) is 24.3 Å². The number of hydrogen-bond donors (Lipinski definition) is 0. The molecule has 3 nitrogen and oxygen atoms in total. The Morgan fingerprint density at radius 2 is 1.62 bits per heavy atom. The summed E-state index contributed by atoms with van der Waals surface area (Å²) in [6.45, 7) is 5.19. The molecule has 0 aromatic heterocycles. The second-order valence-corrected chi connectivity index (χ2v) is 10.5. The quantitative estimate of drug-likeness (QED) is 0.181. The van der Waals surface area contributed by atoms with Crippen molar-refractivity contribution in [2.45, 2.75) is 51.3 Å². The van der Waals surface area contributed by atoms with Gasteiger partial charge in [0.15, 0.2) is 5.78 Å². The molecule has 1 atom stereocenters. The van der Waals surface area contributed by atoms with Crippen molar-refractivity contribution in [2.75, 3.05) is 0 Å². The van der Waals surface area contributed by atoms with Crippen molar-refractivity contribution in [3.05, 3.63) is 72.6 Å².